The second-order valence-corrected chi connectivity index (χ2v) is 10.1. The number of allylic oxidation sites excluding steroid dienone is 2. The molecule has 0 bridgehead atoms. The Morgan fingerprint density at radius 2 is 1.69 bits per heavy atom. The highest BCUT2D eigenvalue weighted by Gasteiger charge is 2.45. The van der Waals surface area contributed by atoms with E-state index in [0.29, 0.717) is 25.0 Å². The zero-order chi connectivity index (χ0) is 24.5. The quantitative estimate of drug-likeness (QED) is 0.398. The molecule has 4 heteroatoms. The second-order valence-electron chi connectivity index (χ2n) is 10.1. The number of benzene rings is 3. The van der Waals surface area contributed by atoms with E-state index in [1.807, 2.05) is 57.2 Å². The van der Waals surface area contributed by atoms with Gasteiger partial charge in [-0.3, -0.25) is 14.6 Å². The molecule has 0 radical (unpaired) electrons. The average molecular weight is 466 g/mol. The van der Waals surface area contributed by atoms with Gasteiger partial charge in [-0.1, -0.05) is 86.6 Å². The lowest BCUT2D eigenvalue weighted by molar-refractivity contribution is -0.147. The molecule has 1 aliphatic carbocycles. The van der Waals surface area contributed by atoms with Crippen molar-refractivity contribution in [1.82, 2.24) is 0 Å². The van der Waals surface area contributed by atoms with Crippen LogP contribution in [0.25, 0.3) is 10.8 Å². The lowest BCUT2D eigenvalue weighted by Crippen LogP contribution is -2.38. The Morgan fingerprint density at radius 1 is 0.971 bits per heavy atom. The van der Waals surface area contributed by atoms with Crippen molar-refractivity contribution < 1.29 is 14.3 Å². The molecule has 3 aromatic carbocycles. The summed E-state index contributed by atoms with van der Waals surface area (Å²) in [5.74, 6) is -0.920. The molecule has 0 spiro atoms. The molecule has 35 heavy (non-hydrogen) atoms. The summed E-state index contributed by atoms with van der Waals surface area (Å²) < 4.78 is 5.73. The summed E-state index contributed by atoms with van der Waals surface area (Å²) in [5, 5.41) is 2.15. The molecule has 178 valence electrons. The first-order valence-corrected chi connectivity index (χ1v) is 12.4. The van der Waals surface area contributed by atoms with Crippen LogP contribution in [-0.4, -0.2) is 24.1 Å². The van der Waals surface area contributed by atoms with Crippen molar-refractivity contribution in [3.63, 3.8) is 0 Å². The average Bonchev–Trinajstić information content (AvgIpc) is 2.86. The number of nitrogens with zero attached hydrogens (tertiary/aromatic N) is 1. The highest BCUT2D eigenvalue weighted by molar-refractivity contribution is 6.10. The van der Waals surface area contributed by atoms with E-state index in [1.165, 1.54) is 0 Å². The summed E-state index contributed by atoms with van der Waals surface area (Å²) >= 11 is 0. The number of esters is 1. The van der Waals surface area contributed by atoms with Gasteiger partial charge in [0.05, 0.1) is 6.61 Å². The Hall–Kier alpha value is -3.53. The molecule has 1 aliphatic heterocycles. The number of ether oxygens (including phenoxy) is 1. The van der Waals surface area contributed by atoms with Crippen LogP contribution in [0.2, 0.25) is 0 Å². The lowest BCUT2D eigenvalue weighted by Gasteiger charge is -2.37. The van der Waals surface area contributed by atoms with Crippen molar-refractivity contribution in [1.29, 1.82) is 0 Å². The third-order valence-corrected chi connectivity index (χ3v) is 7.13. The van der Waals surface area contributed by atoms with E-state index >= 15 is 0 Å². The molecular weight excluding hydrogens is 434 g/mol. The fourth-order valence-corrected chi connectivity index (χ4v) is 5.52. The molecule has 1 heterocycles. The van der Waals surface area contributed by atoms with Crippen molar-refractivity contribution in [2.45, 2.75) is 45.4 Å². The summed E-state index contributed by atoms with van der Waals surface area (Å²) in [4.78, 5) is 32.1. The van der Waals surface area contributed by atoms with Crippen LogP contribution in [0.5, 0.6) is 0 Å². The Morgan fingerprint density at radius 3 is 2.46 bits per heavy atom. The topological polar surface area (TPSA) is 55.7 Å². The van der Waals surface area contributed by atoms with Crippen molar-refractivity contribution >= 4 is 28.2 Å². The van der Waals surface area contributed by atoms with Crippen LogP contribution in [0.3, 0.4) is 0 Å². The van der Waals surface area contributed by atoms with Crippen molar-refractivity contribution in [3.05, 3.63) is 95.2 Å². The summed E-state index contributed by atoms with van der Waals surface area (Å²) in [6.45, 7) is 6.29. The molecule has 0 saturated carbocycles. The molecule has 0 aromatic heterocycles. The number of carbonyl (C=O) groups excluding carboxylic acids is 2. The van der Waals surface area contributed by atoms with Gasteiger partial charge in [-0.15, -0.1) is 0 Å². The van der Waals surface area contributed by atoms with Gasteiger partial charge >= 0.3 is 5.97 Å². The summed E-state index contributed by atoms with van der Waals surface area (Å²) in [6, 6.07) is 24.5. The Labute approximate surface area is 206 Å². The monoisotopic (exact) mass is 465 g/mol. The first kappa shape index (κ1) is 23.2. The molecule has 0 N–H and O–H groups in total. The Kier molecular flexibility index (Phi) is 6.38. The first-order chi connectivity index (χ1) is 16.9. The molecule has 3 atom stereocenters. The highest BCUT2D eigenvalue weighted by Crippen LogP contribution is 2.48. The van der Waals surface area contributed by atoms with Crippen LogP contribution in [0.1, 0.15) is 56.6 Å². The number of rotatable bonds is 5. The minimum Gasteiger partial charge on any atom is -0.465 e. The van der Waals surface area contributed by atoms with Crippen LogP contribution >= 0.6 is 0 Å². The number of carbonyl (C=O) groups is 2. The predicted molar refractivity (Wildman–Crippen MR) is 140 cm³/mol. The lowest BCUT2D eigenvalue weighted by atomic mass is 9.68. The minimum absolute atomic E-state index is 0.0796. The fraction of sp³-hybridized carbons (Fsp3) is 0.323. The number of ketones is 1. The van der Waals surface area contributed by atoms with Crippen LogP contribution < -0.4 is 0 Å². The molecule has 4 nitrogen and oxygen atoms in total. The van der Waals surface area contributed by atoms with Gasteiger partial charge in [-0.2, -0.15) is 0 Å². The number of hydrogen-bond donors (Lipinski definition) is 0. The largest absolute Gasteiger partial charge is 0.465 e. The Balaban J connectivity index is 1.64. The summed E-state index contributed by atoms with van der Waals surface area (Å²) in [6.07, 6.45) is 1.11. The molecule has 5 rings (SSSR count). The second kappa shape index (κ2) is 9.61. The van der Waals surface area contributed by atoms with Gasteiger partial charge in [0, 0.05) is 29.3 Å². The van der Waals surface area contributed by atoms with E-state index < -0.39 is 11.8 Å². The molecule has 1 unspecified atom stereocenters. The van der Waals surface area contributed by atoms with E-state index in [-0.39, 0.29) is 23.6 Å². The van der Waals surface area contributed by atoms with E-state index in [1.54, 1.807) is 0 Å². The van der Waals surface area contributed by atoms with Gasteiger partial charge < -0.3 is 4.74 Å². The molecule has 0 saturated heterocycles. The SMILES string of the molecule is CC1=NC2=C(C(=O)C[C@H](c3ccccc3)C2)[C@H](c2cccc3ccccc23)C1C(=O)OCC(C)C. The third kappa shape index (κ3) is 4.45. The van der Waals surface area contributed by atoms with Gasteiger partial charge in [-0.05, 0) is 47.1 Å². The van der Waals surface area contributed by atoms with Crippen molar-refractivity contribution in [2.75, 3.05) is 6.61 Å². The van der Waals surface area contributed by atoms with Crippen LogP contribution in [-0.2, 0) is 14.3 Å². The van der Waals surface area contributed by atoms with Crippen LogP contribution in [0.4, 0.5) is 0 Å². The van der Waals surface area contributed by atoms with E-state index in [2.05, 4.69) is 36.4 Å². The van der Waals surface area contributed by atoms with E-state index in [9.17, 15) is 9.59 Å². The molecule has 3 aromatic rings. The van der Waals surface area contributed by atoms with Crippen LogP contribution in [0.15, 0.2) is 89.1 Å². The maximum absolute atomic E-state index is 13.8. The number of hydrogen-bond acceptors (Lipinski definition) is 4. The standard InChI is InChI=1S/C31H31NO3/c1-19(2)18-35-31(34)28-20(3)32-26-16-23(21-10-5-4-6-11-21)17-27(33)30(26)29(28)25-15-9-13-22-12-7-8-14-24(22)25/h4-15,19,23,28-29H,16-18H2,1-3H3/t23-,28?,29-/m1/s1. The number of fused-ring (bicyclic) bond motifs is 1. The summed E-state index contributed by atoms with van der Waals surface area (Å²) in [7, 11) is 0. The zero-order valence-electron chi connectivity index (χ0n) is 20.5. The maximum atomic E-state index is 13.8. The van der Waals surface area contributed by atoms with E-state index in [0.717, 1.165) is 33.3 Å². The third-order valence-electron chi connectivity index (χ3n) is 7.13. The van der Waals surface area contributed by atoms with Gasteiger partial charge in [0.1, 0.15) is 5.92 Å². The molecule has 2 aliphatic rings. The summed E-state index contributed by atoms with van der Waals surface area (Å²) in [5.41, 5.74) is 4.37. The fourth-order valence-electron chi connectivity index (χ4n) is 5.52. The van der Waals surface area contributed by atoms with Gasteiger partial charge in [0.2, 0.25) is 0 Å². The zero-order valence-corrected chi connectivity index (χ0v) is 20.5. The molecule has 0 amide bonds. The molecular formula is C31H31NO3. The van der Waals surface area contributed by atoms with E-state index in [4.69, 9.17) is 9.73 Å². The van der Waals surface area contributed by atoms with Crippen molar-refractivity contribution in [3.8, 4) is 0 Å². The van der Waals surface area contributed by atoms with Crippen molar-refractivity contribution in [2.24, 2.45) is 16.8 Å². The number of aliphatic imine (C=N–C) groups is 1. The van der Waals surface area contributed by atoms with Crippen LogP contribution in [0, 0.1) is 11.8 Å². The first-order valence-electron chi connectivity index (χ1n) is 12.4. The minimum atomic E-state index is -0.615. The molecule has 0 fully saturated rings. The van der Waals surface area contributed by atoms with Gasteiger partial charge in [-0.25, -0.2) is 0 Å². The van der Waals surface area contributed by atoms with Gasteiger partial charge in [0.15, 0.2) is 5.78 Å². The normalized spacial score (nSPS) is 22.2. The smallest absolute Gasteiger partial charge is 0.315 e. The maximum Gasteiger partial charge on any atom is 0.315 e. The Bertz CT molecular complexity index is 1330. The van der Waals surface area contributed by atoms with Gasteiger partial charge in [0.25, 0.3) is 0 Å². The highest BCUT2D eigenvalue weighted by atomic mass is 16.5. The predicted octanol–water partition coefficient (Wildman–Crippen LogP) is 6.61. The number of Topliss-reactive ketones (excluding diaryl/α,β-unsaturated/α-hetero) is 1.